The molecule has 0 saturated heterocycles. The number of fused-ring (bicyclic) bond motifs is 1. The number of phenols is 1. The van der Waals surface area contributed by atoms with E-state index in [4.69, 9.17) is 11.6 Å². The summed E-state index contributed by atoms with van der Waals surface area (Å²) in [5.41, 5.74) is 1.38. The fourth-order valence-corrected chi connectivity index (χ4v) is 2.17. The number of benzene rings is 2. The predicted molar refractivity (Wildman–Crippen MR) is 70.6 cm³/mol. The van der Waals surface area contributed by atoms with Crippen molar-refractivity contribution in [2.24, 2.45) is 0 Å². The fourth-order valence-electron chi connectivity index (χ4n) is 1.99. The smallest absolute Gasteiger partial charge is 0.331 e. The zero-order valence-electron chi connectivity index (χ0n) is 9.22. The number of aromatic nitrogens is 2. The van der Waals surface area contributed by atoms with Crippen molar-refractivity contribution in [1.29, 1.82) is 0 Å². The van der Waals surface area contributed by atoms with Crippen LogP contribution in [0, 0.1) is 0 Å². The Morgan fingerprint density at radius 2 is 1.94 bits per heavy atom. The van der Waals surface area contributed by atoms with Crippen LogP contribution < -0.4 is 5.69 Å². The maximum absolute atomic E-state index is 12.0. The van der Waals surface area contributed by atoms with Crippen LogP contribution in [0.2, 0.25) is 5.02 Å². The molecular formula is C13H9ClN2O2. The lowest BCUT2D eigenvalue weighted by Gasteiger charge is -2.03. The molecule has 0 atom stereocenters. The summed E-state index contributed by atoms with van der Waals surface area (Å²) in [7, 11) is 0. The second-order valence-electron chi connectivity index (χ2n) is 3.92. The fraction of sp³-hybridized carbons (Fsp3) is 0. The van der Waals surface area contributed by atoms with E-state index in [2.05, 4.69) is 4.98 Å². The lowest BCUT2D eigenvalue weighted by Crippen LogP contribution is -2.14. The first kappa shape index (κ1) is 10.9. The number of aromatic hydroxyl groups is 1. The molecule has 1 aromatic heterocycles. The van der Waals surface area contributed by atoms with Gasteiger partial charge in [-0.05, 0) is 30.3 Å². The largest absolute Gasteiger partial charge is 0.506 e. The third-order valence-electron chi connectivity index (χ3n) is 2.76. The van der Waals surface area contributed by atoms with Crippen molar-refractivity contribution in [3.05, 3.63) is 58.0 Å². The Hall–Kier alpha value is -2.20. The second kappa shape index (κ2) is 3.92. The van der Waals surface area contributed by atoms with Crippen LogP contribution in [-0.2, 0) is 0 Å². The Kier molecular flexibility index (Phi) is 2.38. The summed E-state index contributed by atoms with van der Waals surface area (Å²) in [6.07, 6.45) is 0. The third kappa shape index (κ3) is 1.58. The molecule has 0 unspecified atom stereocenters. The number of rotatable bonds is 1. The van der Waals surface area contributed by atoms with Gasteiger partial charge >= 0.3 is 5.69 Å². The van der Waals surface area contributed by atoms with Gasteiger partial charge in [0.25, 0.3) is 0 Å². The van der Waals surface area contributed by atoms with Crippen LogP contribution in [0.1, 0.15) is 0 Å². The predicted octanol–water partition coefficient (Wildman–Crippen LogP) is 2.68. The number of aromatic amines is 1. The lowest BCUT2D eigenvalue weighted by molar-refractivity contribution is 0.480. The van der Waals surface area contributed by atoms with Crippen LogP contribution in [0.3, 0.4) is 0 Å². The highest BCUT2D eigenvalue weighted by Gasteiger charge is 2.11. The van der Waals surface area contributed by atoms with E-state index >= 15 is 0 Å². The highest BCUT2D eigenvalue weighted by Crippen LogP contribution is 2.24. The van der Waals surface area contributed by atoms with Gasteiger partial charge in [-0.25, -0.2) is 4.79 Å². The lowest BCUT2D eigenvalue weighted by atomic mass is 10.2. The monoisotopic (exact) mass is 260 g/mol. The van der Waals surface area contributed by atoms with Crippen LogP contribution in [0.25, 0.3) is 16.7 Å². The van der Waals surface area contributed by atoms with Gasteiger partial charge < -0.3 is 10.1 Å². The number of nitrogens with zero attached hydrogens (tertiary/aromatic N) is 1. The summed E-state index contributed by atoms with van der Waals surface area (Å²) in [6, 6.07) is 12.0. The molecular weight excluding hydrogens is 252 g/mol. The molecule has 90 valence electrons. The molecule has 0 aliphatic heterocycles. The van der Waals surface area contributed by atoms with Gasteiger partial charge in [0.2, 0.25) is 0 Å². The van der Waals surface area contributed by atoms with Crippen molar-refractivity contribution in [3.63, 3.8) is 0 Å². The molecule has 3 aromatic rings. The van der Waals surface area contributed by atoms with E-state index in [1.165, 1.54) is 10.6 Å². The average molecular weight is 261 g/mol. The Balaban J connectivity index is 2.39. The molecule has 1 heterocycles. The first-order chi connectivity index (χ1) is 8.66. The van der Waals surface area contributed by atoms with Crippen LogP contribution in [0.15, 0.2) is 47.3 Å². The molecule has 4 nitrogen and oxygen atoms in total. The third-order valence-corrected chi connectivity index (χ3v) is 3.00. The molecule has 0 aliphatic carbocycles. The molecule has 0 aliphatic rings. The Bertz CT molecular complexity index is 789. The normalized spacial score (nSPS) is 10.9. The number of hydrogen-bond donors (Lipinski definition) is 2. The molecule has 0 fully saturated rings. The summed E-state index contributed by atoms with van der Waals surface area (Å²) >= 11 is 5.92. The van der Waals surface area contributed by atoms with Gasteiger partial charge in [0.05, 0.1) is 11.2 Å². The van der Waals surface area contributed by atoms with Crippen LogP contribution in [0.5, 0.6) is 5.75 Å². The quantitative estimate of drug-likeness (QED) is 0.707. The number of para-hydroxylation sites is 1. The minimum atomic E-state index is -0.311. The standard InChI is InChI=1S/C13H9ClN2O2/c14-8-3-1-4-9(7-8)16-10-5-2-6-11(17)12(10)15-13(16)18/h1-7,17H,(H,15,18). The van der Waals surface area contributed by atoms with E-state index in [0.717, 1.165) is 0 Å². The highest BCUT2D eigenvalue weighted by atomic mass is 35.5. The summed E-state index contributed by atoms with van der Waals surface area (Å²) in [5, 5.41) is 10.3. The van der Waals surface area contributed by atoms with E-state index in [1.54, 1.807) is 36.4 Å². The van der Waals surface area contributed by atoms with E-state index in [9.17, 15) is 9.90 Å². The zero-order chi connectivity index (χ0) is 12.7. The zero-order valence-corrected chi connectivity index (χ0v) is 9.98. The highest BCUT2D eigenvalue weighted by molar-refractivity contribution is 6.30. The SMILES string of the molecule is O=c1[nH]c2c(O)cccc2n1-c1cccc(Cl)c1. The van der Waals surface area contributed by atoms with Gasteiger partial charge in [0, 0.05) is 5.02 Å². The molecule has 0 bridgehead atoms. The molecule has 18 heavy (non-hydrogen) atoms. The first-order valence-corrected chi connectivity index (χ1v) is 5.73. The maximum Gasteiger partial charge on any atom is 0.331 e. The average Bonchev–Trinajstić information content (AvgIpc) is 2.67. The van der Waals surface area contributed by atoms with Gasteiger partial charge in [-0.2, -0.15) is 0 Å². The van der Waals surface area contributed by atoms with Gasteiger partial charge in [-0.15, -0.1) is 0 Å². The first-order valence-electron chi connectivity index (χ1n) is 5.35. The minimum Gasteiger partial charge on any atom is -0.506 e. The topological polar surface area (TPSA) is 58.0 Å². The van der Waals surface area contributed by atoms with Crippen molar-refractivity contribution < 1.29 is 5.11 Å². The summed E-state index contributed by atoms with van der Waals surface area (Å²) in [5.74, 6) is 0.0466. The van der Waals surface area contributed by atoms with Crippen molar-refractivity contribution in [3.8, 4) is 11.4 Å². The van der Waals surface area contributed by atoms with Gasteiger partial charge in [0.1, 0.15) is 11.3 Å². The number of phenolic OH excluding ortho intramolecular Hbond substituents is 1. The number of hydrogen-bond acceptors (Lipinski definition) is 2. The van der Waals surface area contributed by atoms with E-state index < -0.39 is 0 Å². The number of nitrogens with one attached hydrogen (secondary N) is 1. The molecule has 0 saturated carbocycles. The molecule has 5 heteroatoms. The number of imidazole rings is 1. The van der Waals surface area contributed by atoms with Crippen molar-refractivity contribution in [1.82, 2.24) is 9.55 Å². The van der Waals surface area contributed by atoms with Crippen LogP contribution in [0.4, 0.5) is 0 Å². The summed E-state index contributed by atoms with van der Waals surface area (Å²) in [4.78, 5) is 14.6. The molecule has 2 N–H and O–H groups in total. The van der Waals surface area contributed by atoms with Crippen LogP contribution >= 0.6 is 11.6 Å². The molecule has 2 aromatic carbocycles. The van der Waals surface area contributed by atoms with Gasteiger partial charge in [-0.3, -0.25) is 4.57 Å². The Labute approximate surface area is 107 Å². The van der Waals surface area contributed by atoms with Crippen LogP contribution in [-0.4, -0.2) is 14.7 Å². The van der Waals surface area contributed by atoms with Gasteiger partial charge in [0.15, 0.2) is 0 Å². The maximum atomic E-state index is 12.0. The summed E-state index contributed by atoms with van der Waals surface area (Å²) in [6.45, 7) is 0. The number of halogens is 1. The number of H-pyrrole nitrogens is 1. The van der Waals surface area contributed by atoms with E-state index in [-0.39, 0.29) is 11.4 Å². The minimum absolute atomic E-state index is 0.0466. The van der Waals surface area contributed by atoms with E-state index in [0.29, 0.717) is 21.7 Å². The Morgan fingerprint density at radius 1 is 1.17 bits per heavy atom. The second-order valence-corrected chi connectivity index (χ2v) is 4.35. The molecule has 0 spiro atoms. The Morgan fingerprint density at radius 3 is 2.72 bits per heavy atom. The van der Waals surface area contributed by atoms with E-state index in [1.807, 2.05) is 0 Å². The van der Waals surface area contributed by atoms with Crippen molar-refractivity contribution >= 4 is 22.6 Å². The van der Waals surface area contributed by atoms with Crippen molar-refractivity contribution in [2.75, 3.05) is 0 Å². The summed E-state index contributed by atoms with van der Waals surface area (Å²) < 4.78 is 1.47. The van der Waals surface area contributed by atoms with Gasteiger partial charge in [-0.1, -0.05) is 23.7 Å². The molecule has 0 radical (unpaired) electrons. The molecule has 3 rings (SSSR count). The molecule has 0 amide bonds. The van der Waals surface area contributed by atoms with Crippen molar-refractivity contribution in [2.45, 2.75) is 0 Å².